The number of halogens is 1. The number of hydrogen-bond acceptors (Lipinski definition) is 2. The summed E-state index contributed by atoms with van der Waals surface area (Å²) >= 11 is 5.67. The molecule has 0 bridgehead atoms. The molecule has 0 saturated heterocycles. The van der Waals surface area contributed by atoms with E-state index in [2.05, 4.69) is 4.98 Å². The Morgan fingerprint density at radius 1 is 1.73 bits per heavy atom. The third-order valence-corrected chi connectivity index (χ3v) is 1.83. The van der Waals surface area contributed by atoms with Gasteiger partial charge in [-0.15, -0.1) is 0 Å². The highest BCUT2D eigenvalue weighted by molar-refractivity contribution is 6.31. The van der Waals surface area contributed by atoms with Crippen LogP contribution in [0.4, 0.5) is 0 Å². The molecule has 0 aliphatic heterocycles. The zero-order chi connectivity index (χ0) is 8.27. The first-order chi connectivity index (χ1) is 5.29. The van der Waals surface area contributed by atoms with Crippen molar-refractivity contribution in [2.75, 3.05) is 0 Å². The fourth-order valence-electron chi connectivity index (χ4n) is 0.917. The van der Waals surface area contributed by atoms with Gasteiger partial charge in [0.25, 0.3) is 0 Å². The molecule has 0 spiro atoms. The lowest BCUT2D eigenvalue weighted by Crippen LogP contribution is -1.93. The topological polar surface area (TPSA) is 30.0 Å². The minimum atomic E-state index is 0.291. The molecule has 1 rings (SSSR count). The van der Waals surface area contributed by atoms with Crippen molar-refractivity contribution in [1.29, 1.82) is 0 Å². The lowest BCUT2D eigenvalue weighted by atomic mass is 10.1. The summed E-state index contributed by atoms with van der Waals surface area (Å²) in [5.41, 5.74) is 1.46. The number of carbonyl (C=O) groups is 1. The second kappa shape index (κ2) is 3.49. The molecule has 0 unspecified atom stereocenters. The first-order valence-corrected chi connectivity index (χ1v) is 3.76. The van der Waals surface area contributed by atoms with Crippen molar-refractivity contribution in [3.63, 3.8) is 0 Å². The summed E-state index contributed by atoms with van der Waals surface area (Å²) in [6.45, 7) is 1.97. The van der Waals surface area contributed by atoms with Crippen LogP contribution in [0.2, 0.25) is 5.15 Å². The van der Waals surface area contributed by atoms with Gasteiger partial charge in [-0.3, -0.25) is 4.79 Å². The van der Waals surface area contributed by atoms with Gasteiger partial charge in [-0.05, 0) is 18.1 Å². The fraction of sp³-hybridized carbons (Fsp3) is 0.250. The Labute approximate surface area is 70.2 Å². The molecule has 1 aromatic rings. The van der Waals surface area contributed by atoms with Gasteiger partial charge in [0.15, 0.2) is 6.29 Å². The molecule has 0 atom stereocenters. The molecule has 2 nitrogen and oxygen atoms in total. The van der Waals surface area contributed by atoms with E-state index in [1.54, 1.807) is 12.3 Å². The second-order valence-corrected chi connectivity index (χ2v) is 2.50. The zero-order valence-corrected chi connectivity index (χ0v) is 6.93. The third-order valence-electron chi connectivity index (χ3n) is 1.53. The molecule has 0 aliphatic rings. The van der Waals surface area contributed by atoms with Crippen molar-refractivity contribution in [3.05, 3.63) is 28.5 Å². The number of nitrogens with zero attached hydrogens (tertiary/aromatic N) is 1. The SMILES string of the molecule is CCc1ccnc(Cl)c1C=O. The minimum Gasteiger partial charge on any atom is -0.298 e. The van der Waals surface area contributed by atoms with E-state index in [0.29, 0.717) is 10.7 Å². The predicted octanol–water partition coefficient (Wildman–Crippen LogP) is 2.11. The Kier molecular flexibility index (Phi) is 2.60. The van der Waals surface area contributed by atoms with Crippen LogP contribution in [-0.2, 0) is 6.42 Å². The lowest BCUT2D eigenvalue weighted by Gasteiger charge is -2.00. The summed E-state index contributed by atoms with van der Waals surface area (Å²) in [5, 5.41) is 0.291. The maximum absolute atomic E-state index is 10.5. The Morgan fingerprint density at radius 2 is 2.45 bits per heavy atom. The lowest BCUT2D eigenvalue weighted by molar-refractivity contribution is 0.112. The molecule has 0 fully saturated rings. The number of rotatable bonds is 2. The number of pyridine rings is 1. The van der Waals surface area contributed by atoms with E-state index < -0.39 is 0 Å². The smallest absolute Gasteiger partial charge is 0.153 e. The van der Waals surface area contributed by atoms with E-state index in [0.717, 1.165) is 18.3 Å². The summed E-state index contributed by atoms with van der Waals surface area (Å²) in [6, 6.07) is 1.80. The summed E-state index contributed by atoms with van der Waals surface area (Å²) in [7, 11) is 0. The van der Waals surface area contributed by atoms with Crippen molar-refractivity contribution in [2.24, 2.45) is 0 Å². The summed E-state index contributed by atoms with van der Waals surface area (Å²) < 4.78 is 0. The maximum Gasteiger partial charge on any atom is 0.153 e. The van der Waals surface area contributed by atoms with Crippen LogP contribution in [0, 0.1) is 0 Å². The summed E-state index contributed by atoms with van der Waals surface area (Å²) in [6.07, 6.45) is 3.15. The average molecular weight is 170 g/mol. The molecule has 1 heterocycles. The Hall–Kier alpha value is -0.890. The first kappa shape index (κ1) is 8.21. The minimum absolute atomic E-state index is 0.291. The molecule has 1 aromatic heterocycles. The van der Waals surface area contributed by atoms with Crippen LogP contribution >= 0.6 is 11.6 Å². The molecular formula is C8H8ClNO. The van der Waals surface area contributed by atoms with Crippen molar-refractivity contribution in [2.45, 2.75) is 13.3 Å². The molecule has 0 radical (unpaired) electrons. The molecule has 0 N–H and O–H groups in total. The average Bonchev–Trinajstić information content (AvgIpc) is 2.04. The number of hydrogen-bond donors (Lipinski definition) is 0. The highest BCUT2D eigenvalue weighted by atomic mass is 35.5. The van der Waals surface area contributed by atoms with Crippen molar-refractivity contribution < 1.29 is 4.79 Å². The van der Waals surface area contributed by atoms with Crippen LogP contribution in [0.25, 0.3) is 0 Å². The van der Waals surface area contributed by atoms with E-state index in [9.17, 15) is 4.79 Å². The molecular weight excluding hydrogens is 162 g/mol. The molecule has 0 amide bonds. The Balaban J connectivity index is 3.24. The van der Waals surface area contributed by atoms with Crippen molar-refractivity contribution in [3.8, 4) is 0 Å². The highest BCUT2D eigenvalue weighted by Gasteiger charge is 2.03. The van der Waals surface area contributed by atoms with Gasteiger partial charge >= 0.3 is 0 Å². The van der Waals surface area contributed by atoms with Gasteiger partial charge in [0, 0.05) is 6.20 Å². The number of carbonyl (C=O) groups excluding carboxylic acids is 1. The monoisotopic (exact) mass is 169 g/mol. The molecule has 3 heteroatoms. The van der Waals surface area contributed by atoms with Gasteiger partial charge in [0.1, 0.15) is 5.15 Å². The number of aldehydes is 1. The van der Waals surface area contributed by atoms with E-state index in [1.165, 1.54) is 0 Å². The van der Waals surface area contributed by atoms with Crippen LogP contribution in [0.3, 0.4) is 0 Å². The van der Waals surface area contributed by atoms with Crippen LogP contribution in [0.15, 0.2) is 12.3 Å². The highest BCUT2D eigenvalue weighted by Crippen LogP contribution is 2.14. The standard InChI is InChI=1S/C8H8ClNO/c1-2-6-3-4-10-8(9)7(6)5-11/h3-5H,2H2,1H3. The van der Waals surface area contributed by atoms with E-state index in [-0.39, 0.29) is 0 Å². The van der Waals surface area contributed by atoms with Crippen LogP contribution < -0.4 is 0 Å². The predicted molar refractivity (Wildman–Crippen MR) is 44.0 cm³/mol. The molecule has 0 saturated carbocycles. The van der Waals surface area contributed by atoms with Crippen molar-refractivity contribution >= 4 is 17.9 Å². The van der Waals surface area contributed by atoms with Gasteiger partial charge in [-0.25, -0.2) is 4.98 Å². The summed E-state index contributed by atoms with van der Waals surface area (Å²) in [4.78, 5) is 14.3. The first-order valence-electron chi connectivity index (χ1n) is 3.38. The normalized spacial score (nSPS) is 9.64. The van der Waals surface area contributed by atoms with Gasteiger partial charge < -0.3 is 0 Å². The van der Waals surface area contributed by atoms with Crippen molar-refractivity contribution in [1.82, 2.24) is 4.98 Å². The fourth-order valence-corrected chi connectivity index (χ4v) is 1.14. The quantitative estimate of drug-likeness (QED) is 0.502. The Morgan fingerprint density at radius 3 is 2.91 bits per heavy atom. The number of aromatic nitrogens is 1. The van der Waals surface area contributed by atoms with Gasteiger partial charge in [0.05, 0.1) is 5.56 Å². The van der Waals surface area contributed by atoms with Gasteiger partial charge in [0.2, 0.25) is 0 Å². The van der Waals surface area contributed by atoms with Crippen LogP contribution in [-0.4, -0.2) is 11.3 Å². The second-order valence-electron chi connectivity index (χ2n) is 2.15. The van der Waals surface area contributed by atoms with Crippen LogP contribution in [0.5, 0.6) is 0 Å². The van der Waals surface area contributed by atoms with E-state index >= 15 is 0 Å². The maximum atomic E-state index is 10.5. The molecule has 0 aliphatic carbocycles. The number of aryl methyl sites for hydroxylation is 1. The largest absolute Gasteiger partial charge is 0.298 e. The van der Waals surface area contributed by atoms with Gasteiger partial charge in [-0.2, -0.15) is 0 Å². The van der Waals surface area contributed by atoms with Gasteiger partial charge in [-0.1, -0.05) is 18.5 Å². The van der Waals surface area contributed by atoms with Crippen LogP contribution in [0.1, 0.15) is 22.8 Å². The third kappa shape index (κ3) is 1.57. The summed E-state index contributed by atoms with van der Waals surface area (Å²) in [5.74, 6) is 0. The molecule has 0 aromatic carbocycles. The Bertz CT molecular complexity index is 273. The molecule has 58 valence electrons. The van der Waals surface area contributed by atoms with E-state index in [1.807, 2.05) is 6.92 Å². The zero-order valence-electron chi connectivity index (χ0n) is 6.17. The molecule has 11 heavy (non-hydrogen) atoms. The van der Waals surface area contributed by atoms with E-state index in [4.69, 9.17) is 11.6 Å².